The Morgan fingerprint density at radius 1 is 1.52 bits per heavy atom. The number of aryl methyl sites for hydroxylation is 1. The number of fused-ring (bicyclic) bond motifs is 1. The standard InChI is InChI=1S/C15H20ClN3O2/c1-4-17-13(20)8-9-19-11-6-5-7-12(21-3)14(11)18-15(19)10(2)16/h5-7,10H,4,8-9H2,1-3H3,(H,17,20). The van der Waals surface area contributed by atoms with Crippen LogP contribution < -0.4 is 10.1 Å². The summed E-state index contributed by atoms with van der Waals surface area (Å²) in [4.78, 5) is 16.3. The molecule has 21 heavy (non-hydrogen) atoms. The zero-order valence-electron chi connectivity index (χ0n) is 12.5. The molecule has 0 saturated heterocycles. The number of para-hydroxylation sites is 1. The molecule has 0 bridgehead atoms. The largest absolute Gasteiger partial charge is 0.494 e. The molecule has 1 atom stereocenters. The Hall–Kier alpha value is -1.75. The summed E-state index contributed by atoms with van der Waals surface area (Å²) in [7, 11) is 1.62. The predicted octanol–water partition coefficient (Wildman–Crippen LogP) is 2.87. The van der Waals surface area contributed by atoms with E-state index in [9.17, 15) is 4.79 Å². The van der Waals surface area contributed by atoms with Gasteiger partial charge in [-0.05, 0) is 26.0 Å². The first-order chi connectivity index (χ1) is 10.1. The van der Waals surface area contributed by atoms with Crippen LogP contribution in [0.4, 0.5) is 0 Å². The molecule has 0 aliphatic carbocycles. The SMILES string of the molecule is CCNC(=O)CCn1c(C(C)Cl)nc2c(OC)cccc21. The van der Waals surface area contributed by atoms with Crippen LogP contribution in [0.1, 0.15) is 31.5 Å². The number of methoxy groups -OCH3 is 1. The first-order valence-corrected chi connectivity index (χ1v) is 7.46. The van der Waals surface area contributed by atoms with Crippen molar-refractivity contribution in [3.05, 3.63) is 24.0 Å². The van der Waals surface area contributed by atoms with Gasteiger partial charge >= 0.3 is 0 Å². The van der Waals surface area contributed by atoms with Crippen LogP contribution in [0, 0.1) is 0 Å². The number of carbonyl (C=O) groups is 1. The lowest BCUT2D eigenvalue weighted by atomic mass is 10.3. The fourth-order valence-corrected chi connectivity index (χ4v) is 2.51. The molecule has 0 aliphatic heterocycles. The molecule has 0 fully saturated rings. The van der Waals surface area contributed by atoms with Gasteiger partial charge in [-0.25, -0.2) is 4.98 Å². The quantitative estimate of drug-likeness (QED) is 0.835. The van der Waals surface area contributed by atoms with Gasteiger partial charge in [0, 0.05) is 19.5 Å². The maximum atomic E-state index is 11.7. The van der Waals surface area contributed by atoms with Crippen LogP contribution >= 0.6 is 11.6 Å². The third-order valence-corrected chi connectivity index (χ3v) is 3.48. The molecule has 6 heteroatoms. The van der Waals surface area contributed by atoms with Gasteiger partial charge in [-0.3, -0.25) is 4.79 Å². The van der Waals surface area contributed by atoms with Crippen LogP contribution in [0.2, 0.25) is 0 Å². The molecule has 2 aromatic rings. The summed E-state index contributed by atoms with van der Waals surface area (Å²) in [6.45, 7) is 4.96. The fourth-order valence-electron chi connectivity index (χ4n) is 2.34. The Bertz CT molecular complexity index is 637. The second-order valence-electron chi connectivity index (χ2n) is 4.77. The number of hydrogen-bond acceptors (Lipinski definition) is 3. The van der Waals surface area contributed by atoms with Gasteiger partial charge in [0.05, 0.1) is 18.0 Å². The first-order valence-electron chi connectivity index (χ1n) is 7.02. The monoisotopic (exact) mass is 309 g/mol. The molecule has 1 aromatic carbocycles. The van der Waals surface area contributed by atoms with E-state index in [-0.39, 0.29) is 11.3 Å². The van der Waals surface area contributed by atoms with E-state index >= 15 is 0 Å². The van der Waals surface area contributed by atoms with Crippen molar-refractivity contribution in [1.82, 2.24) is 14.9 Å². The van der Waals surface area contributed by atoms with E-state index in [1.807, 2.05) is 36.6 Å². The van der Waals surface area contributed by atoms with Gasteiger partial charge in [-0.2, -0.15) is 0 Å². The number of amides is 1. The third-order valence-electron chi connectivity index (χ3n) is 3.28. The van der Waals surface area contributed by atoms with E-state index in [2.05, 4.69) is 10.3 Å². The number of imidazole rings is 1. The van der Waals surface area contributed by atoms with Gasteiger partial charge in [0.15, 0.2) is 0 Å². The van der Waals surface area contributed by atoms with Crippen LogP contribution in [-0.4, -0.2) is 29.1 Å². The summed E-state index contributed by atoms with van der Waals surface area (Å²) in [5, 5.41) is 2.56. The Labute approximate surface area is 129 Å². The molecule has 1 unspecified atom stereocenters. The number of carbonyl (C=O) groups excluding carboxylic acids is 1. The average molecular weight is 310 g/mol. The fraction of sp³-hybridized carbons (Fsp3) is 0.467. The van der Waals surface area contributed by atoms with Crippen molar-refractivity contribution in [2.24, 2.45) is 0 Å². The van der Waals surface area contributed by atoms with E-state index in [4.69, 9.17) is 16.3 Å². The van der Waals surface area contributed by atoms with Crippen molar-refractivity contribution >= 4 is 28.5 Å². The molecule has 0 saturated carbocycles. The van der Waals surface area contributed by atoms with Gasteiger partial charge in [0.2, 0.25) is 5.91 Å². The minimum atomic E-state index is -0.239. The molecular weight excluding hydrogens is 290 g/mol. The normalized spacial score (nSPS) is 12.4. The topological polar surface area (TPSA) is 56.2 Å². The molecule has 114 valence electrons. The molecule has 5 nitrogen and oxygen atoms in total. The van der Waals surface area contributed by atoms with Gasteiger partial charge in [0.25, 0.3) is 0 Å². The van der Waals surface area contributed by atoms with Crippen LogP contribution in [0.3, 0.4) is 0 Å². The summed E-state index contributed by atoms with van der Waals surface area (Å²) < 4.78 is 7.33. The number of benzene rings is 1. The lowest BCUT2D eigenvalue weighted by Crippen LogP contribution is -2.24. The van der Waals surface area contributed by atoms with Gasteiger partial charge < -0.3 is 14.6 Å². The first kappa shape index (κ1) is 15.6. The highest BCUT2D eigenvalue weighted by molar-refractivity contribution is 6.20. The van der Waals surface area contributed by atoms with Crippen LogP contribution in [-0.2, 0) is 11.3 Å². The van der Waals surface area contributed by atoms with Crippen molar-refractivity contribution in [2.45, 2.75) is 32.2 Å². The number of aromatic nitrogens is 2. The molecular formula is C15H20ClN3O2. The predicted molar refractivity (Wildman–Crippen MR) is 83.9 cm³/mol. The van der Waals surface area contributed by atoms with Gasteiger partial charge in [-0.15, -0.1) is 11.6 Å². The summed E-state index contributed by atoms with van der Waals surface area (Å²) in [6.07, 6.45) is 0.396. The van der Waals surface area contributed by atoms with Crippen LogP contribution in [0.25, 0.3) is 11.0 Å². The van der Waals surface area contributed by atoms with Crippen LogP contribution in [0.5, 0.6) is 5.75 Å². The highest BCUT2D eigenvalue weighted by Gasteiger charge is 2.17. The number of rotatable bonds is 6. The van der Waals surface area contributed by atoms with Crippen molar-refractivity contribution < 1.29 is 9.53 Å². The highest BCUT2D eigenvalue weighted by atomic mass is 35.5. The molecule has 1 aromatic heterocycles. The Morgan fingerprint density at radius 2 is 2.29 bits per heavy atom. The van der Waals surface area contributed by atoms with Gasteiger partial charge in [0.1, 0.15) is 17.1 Å². The van der Waals surface area contributed by atoms with Gasteiger partial charge in [-0.1, -0.05) is 6.07 Å². The third kappa shape index (κ3) is 3.29. The molecule has 1 amide bonds. The van der Waals surface area contributed by atoms with E-state index in [0.717, 1.165) is 16.9 Å². The molecule has 0 radical (unpaired) electrons. The lowest BCUT2D eigenvalue weighted by molar-refractivity contribution is -0.121. The van der Waals surface area contributed by atoms with Crippen molar-refractivity contribution in [1.29, 1.82) is 0 Å². The second-order valence-corrected chi connectivity index (χ2v) is 5.42. The maximum Gasteiger partial charge on any atom is 0.221 e. The Kier molecular flexibility index (Phi) is 5.07. The smallest absolute Gasteiger partial charge is 0.221 e. The number of halogens is 1. The van der Waals surface area contributed by atoms with Crippen molar-refractivity contribution in [3.63, 3.8) is 0 Å². The molecule has 1 heterocycles. The van der Waals surface area contributed by atoms with E-state index in [0.29, 0.717) is 25.3 Å². The molecule has 2 rings (SSSR count). The molecule has 1 N–H and O–H groups in total. The summed E-state index contributed by atoms with van der Waals surface area (Å²) >= 11 is 6.23. The number of nitrogens with zero attached hydrogens (tertiary/aromatic N) is 2. The molecule has 0 aliphatic rings. The minimum absolute atomic E-state index is 0.0235. The highest BCUT2D eigenvalue weighted by Crippen LogP contribution is 2.30. The number of nitrogens with one attached hydrogen (secondary N) is 1. The second kappa shape index (κ2) is 6.80. The molecule has 0 spiro atoms. The maximum absolute atomic E-state index is 11.7. The number of alkyl halides is 1. The Morgan fingerprint density at radius 3 is 2.90 bits per heavy atom. The average Bonchev–Trinajstić information content (AvgIpc) is 2.84. The summed E-state index contributed by atoms with van der Waals surface area (Å²) in [6, 6.07) is 5.74. The van der Waals surface area contributed by atoms with Crippen molar-refractivity contribution in [2.75, 3.05) is 13.7 Å². The van der Waals surface area contributed by atoms with Crippen molar-refractivity contribution in [3.8, 4) is 5.75 Å². The zero-order valence-corrected chi connectivity index (χ0v) is 13.3. The summed E-state index contributed by atoms with van der Waals surface area (Å²) in [5.74, 6) is 1.48. The Balaban J connectivity index is 2.40. The van der Waals surface area contributed by atoms with Crippen LogP contribution in [0.15, 0.2) is 18.2 Å². The number of hydrogen-bond donors (Lipinski definition) is 1. The minimum Gasteiger partial charge on any atom is -0.494 e. The number of ether oxygens (including phenoxy) is 1. The zero-order chi connectivity index (χ0) is 15.4. The van der Waals surface area contributed by atoms with E-state index in [1.54, 1.807) is 7.11 Å². The summed E-state index contributed by atoms with van der Waals surface area (Å²) in [5.41, 5.74) is 1.71. The van der Waals surface area contributed by atoms with E-state index < -0.39 is 0 Å². The lowest BCUT2D eigenvalue weighted by Gasteiger charge is -2.10. The van der Waals surface area contributed by atoms with E-state index in [1.165, 1.54) is 0 Å².